The second-order valence-corrected chi connectivity index (χ2v) is 2.22. The van der Waals surface area contributed by atoms with Crippen molar-refractivity contribution in [2.24, 2.45) is 0 Å². The number of allylic oxidation sites excluding steroid dienone is 4. The van der Waals surface area contributed by atoms with Gasteiger partial charge in [-0.3, -0.25) is 4.79 Å². The largest absolute Gasteiger partial charge is 0.298 e. The minimum absolute atomic E-state index is 0.814. The molecule has 0 bridgehead atoms. The van der Waals surface area contributed by atoms with Crippen LogP contribution in [0.4, 0.5) is 0 Å². The fraction of sp³-hybridized carbons (Fsp3) is 0.444. The Labute approximate surface area is 62.4 Å². The van der Waals surface area contributed by atoms with Crippen LogP contribution in [-0.2, 0) is 4.79 Å². The molecule has 0 heterocycles. The Balaban J connectivity index is 4.24. The van der Waals surface area contributed by atoms with Gasteiger partial charge >= 0.3 is 0 Å². The average Bonchev–Trinajstić information content (AvgIpc) is 1.99. The van der Waals surface area contributed by atoms with Gasteiger partial charge in [0.1, 0.15) is 6.29 Å². The minimum Gasteiger partial charge on any atom is -0.298 e. The van der Waals surface area contributed by atoms with Crippen LogP contribution in [0.1, 0.15) is 27.2 Å². The van der Waals surface area contributed by atoms with Crippen molar-refractivity contribution in [3.05, 3.63) is 23.3 Å². The first-order valence-electron chi connectivity index (χ1n) is 3.53. The Hall–Kier alpha value is -0.850. The molecule has 0 amide bonds. The van der Waals surface area contributed by atoms with E-state index in [1.165, 1.54) is 0 Å². The van der Waals surface area contributed by atoms with Gasteiger partial charge in [0.25, 0.3) is 0 Å². The van der Waals surface area contributed by atoms with Crippen LogP contribution in [0.3, 0.4) is 0 Å². The smallest absolute Gasteiger partial charge is 0.146 e. The first-order valence-corrected chi connectivity index (χ1v) is 3.53. The molecule has 1 heteroatoms. The van der Waals surface area contributed by atoms with Crippen LogP contribution in [0.5, 0.6) is 0 Å². The highest BCUT2D eigenvalue weighted by molar-refractivity contribution is 5.73. The fourth-order valence-corrected chi connectivity index (χ4v) is 0.595. The Kier molecular flexibility index (Phi) is 4.55. The lowest BCUT2D eigenvalue weighted by Gasteiger charge is -1.92. The zero-order valence-corrected chi connectivity index (χ0v) is 6.85. The van der Waals surface area contributed by atoms with Crippen LogP contribution in [-0.4, -0.2) is 6.29 Å². The summed E-state index contributed by atoms with van der Waals surface area (Å²) < 4.78 is 0. The number of hydrogen-bond donors (Lipinski definition) is 0. The standard InChI is InChI=1S/C9H14O/c1-4-8(3)6-9(5-2)7-10/h4,6-7H,5H2,1-3H3/b8-4+,9-6+. The van der Waals surface area contributed by atoms with Crippen molar-refractivity contribution < 1.29 is 4.79 Å². The molecule has 10 heavy (non-hydrogen) atoms. The van der Waals surface area contributed by atoms with Gasteiger partial charge in [0, 0.05) is 0 Å². The molecular weight excluding hydrogens is 124 g/mol. The maximum absolute atomic E-state index is 10.3. The molecule has 0 aromatic heterocycles. The van der Waals surface area contributed by atoms with E-state index < -0.39 is 0 Å². The molecule has 0 fully saturated rings. The van der Waals surface area contributed by atoms with Crippen molar-refractivity contribution in [3.8, 4) is 0 Å². The number of hydrogen-bond acceptors (Lipinski definition) is 1. The first kappa shape index (κ1) is 9.15. The lowest BCUT2D eigenvalue weighted by atomic mass is 10.1. The van der Waals surface area contributed by atoms with Gasteiger partial charge in [-0.1, -0.05) is 24.6 Å². The van der Waals surface area contributed by atoms with Gasteiger partial charge < -0.3 is 0 Å². The monoisotopic (exact) mass is 138 g/mol. The van der Waals surface area contributed by atoms with Crippen molar-refractivity contribution in [1.82, 2.24) is 0 Å². The van der Waals surface area contributed by atoms with E-state index in [9.17, 15) is 4.79 Å². The summed E-state index contributed by atoms with van der Waals surface area (Å²) in [6.07, 6.45) is 5.62. The minimum atomic E-state index is 0.814. The SMILES string of the molecule is C/C=C(C)/C=C(/C=O)CC. The molecule has 0 rings (SSSR count). The van der Waals surface area contributed by atoms with Gasteiger partial charge in [0.05, 0.1) is 0 Å². The molecule has 0 aliphatic rings. The molecular formula is C9H14O. The summed E-state index contributed by atoms with van der Waals surface area (Å²) in [4.78, 5) is 10.3. The molecule has 0 aliphatic heterocycles. The number of rotatable bonds is 3. The quantitative estimate of drug-likeness (QED) is 0.332. The van der Waals surface area contributed by atoms with Crippen molar-refractivity contribution >= 4 is 6.29 Å². The van der Waals surface area contributed by atoms with Crippen LogP contribution in [0.15, 0.2) is 23.3 Å². The number of aldehydes is 1. The zero-order chi connectivity index (χ0) is 7.98. The lowest BCUT2D eigenvalue weighted by Crippen LogP contribution is -1.81. The number of carbonyl (C=O) groups is 1. The summed E-state index contributed by atoms with van der Waals surface area (Å²) in [5.41, 5.74) is 2.00. The Morgan fingerprint density at radius 2 is 2.10 bits per heavy atom. The zero-order valence-electron chi connectivity index (χ0n) is 6.85. The normalized spacial score (nSPS) is 13.5. The van der Waals surface area contributed by atoms with E-state index in [1.807, 2.05) is 32.9 Å². The van der Waals surface area contributed by atoms with Crippen LogP contribution < -0.4 is 0 Å². The van der Waals surface area contributed by atoms with Crippen LogP contribution >= 0.6 is 0 Å². The van der Waals surface area contributed by atoms with Gasteiger partial charge in [-0.2, -0.15) is 0 Å². The third-order valence-corrected chi connectivity index (χ3v) is 1.43. The summed E-state index contributed by atoms with van der Waals surface area (Å²) in [5, 5.41) is 0. The van der Waals surface area contributed by atoms with E-state index in [1.54, 1.807) is 0 Å². The van der Waals surface area contributed by atoms with E-state index in [2.05, 4.69) is 0 Å². The Morgan fingerprint density at radius 1 is 1.50 bits per heavy atom. The van der Waals surface area contributed by atoms with Crippen molar-refractivity contribution in [2.45, 2.75) is 27.2 Å². The molecule has 0 radical (unpaired) electrons. The van der Waals surface area contributed by atoms with Gasteiger partial charge in [-0.05, 0) is 25.8 Å². The summed E-state index contributed by atoms with van der Waals surface area (Å²) in [6.45, 7) is 5.92. The fourth-order valence-electron chi connectivity index (χ4n) is 0.595. The summed E-state index contributed by atoms with van der Waals surface area (Å²) in [7, 11) is 0. The van der Waals surface area contributed by atoms with E-state index in [-0.39, 0.29) is 0 Å². The topological polar surface area (TPSA) is 17.1 Å². The van der Waals surface area contributed by atoms with Gasteiger partial charge in [0.15, 0.2) is 0 Å². The highest BCUT2D eigenvalue weighted by Gasteiger charge is 1.88. The molecule has 0 N–H and O–H groups in total. The maximum atomic E-state index is 10.3. The van der Waals surface area contributed by atoms with Crippen molar-refractivity contribution in [2.75, 3.05) is 0 Å². The predicted octanol–water partition coefficient (Wildman–Crippen LogP) is 2.49. The molecule has 0 aliphatic carbocycles. The lowest BCUT2D eigenvalue weighted by molar-refractivity contribution is -0.105. The molecule has 0 saturated heterocycles. The molecule has 0 atom stereocenters. The van der Waals surface area contributed by atoms with Crippen LogP contribution in [0.25, 0.3) is 0 Å². The molecule has 1 nitrogen and oxygen atoms in total. The van der Waals surface area contributed by atoms with Crippen molar-refractivity contribution in [1.29, 1.82) is 0 Å². The second kappa shape index (κ2) is 4.98. The second-order valence-electron chi connectivity index (χ2n) is 2.22. The molecule has 0 aromatic rings. The number of carbonyl (C=O) groups excluding carboxylic acids is 1. The van der Waals surface area contributed by atoms with E-state index in [0.29, 0.717) is 0 Å². The van der Waals surface area contributed by atoms with Gasteiger partial charge in [-0.15, -0.1) is 0 Å². The van der Waals surface area contributed by atoms with E-state index in [4.69, 9.17) is 0 Å². The van der Waals surface area contributed by atoms with Crippen molar-refractivity contribution in [3.63, 3.8) is 0 Å². The molecule has 0 saturated carbocycles. The summed E-state index contributed by atoms with van der Waals surface area (Å²) >= 11 is 0. The summed E-state index contributed by atoms with van der Waals surface area (Å²) in [5.74, 6) is 0. The predicted molar refractivity (Wildman–Crippen MR) is 43.9 cm³/mol. The first-order chi connectivity index (χ1) is 4.74. The molecule has 0 spiro atoms. The maximum Gasteiger partial charge on any atom is 0.146 e. The van der Waals surface area contributed by atoms with Gasteiger partial charge in [-0.25, -0.2) is 0 Å². The highest BCUT2D eigenvalue weighted by atomic mass is 16.1. The molecule has 56 valence electrons. The average molecular weight is 138 g/mol. The Bertz CT molecular complexity index is 164. The Morgan fingerprint density at radius 3 is 2.40 bits per heavy atom. The summed E-state index contributed by atoms with van der Waals surface area (Å²) in [6, 6.07) is 0. The van der Waals surface area contributed by atoms with E-state index >= 15 is 0 Å². The third kappa shape index (κ3) is 3.23. The highest BCUT2D eigenvalue weighted by Crippen LogP contribution is 2.02. The molecule has 0 aromatic carbocycles. The van der Waals surface area contributed by atoms with Crippen LogP contribution in [0.2, 0.25) is 0 Å². The van der Waals surface area contributed by atoms with E-state index in [0.717, 1.165) is 23.9 Å². The third-order valence-electron chi connectivity index (χ3n) is 1.43. The molecule has 0 unspecified atom stereocenters. The van der Waals surface area contributed by atoms with Gasteiger partial charge in [0.2, 0.25) is 0 Å². The van der Waals surface area contributed by atoms with Crippen LogP contribution in [0, 0.1) is 0 Å².